The highest BCUT2D eigenvalue weighted by molar-refractivity contribution is 6.23. The molecule has 0 unspecified atom stereocenters. The molecule has 0 N–H and O–H groups in total. The molecule has 0 aliphatic carbocycles. The van der Waals surface area contributed by atoms with E-state index in [0.717, 1.165) is 56.0 Å². The van der Waals surface area contributed by atoms with Crippen molar-refractivity contribution in [1.29, 1.82) is 0 Å². The summed E-state index contributed by atoms with van der Waals surface area (Å²) in [5.41, 5.74) is 15.3. The van der Waals surface area contributed by atoms with Crippen LogP contribution in [0.15, 0.2) is 164 Å². The van der Waals surface area contributed by atoms with Gasteiger partial charge in [-0.1, -0.05) is 105 Å². The molecular weight excluding hydrogens is 747 g/mol. The summed E-state index contributed by atoms with van der Waals surface area (Å²) in [6, 6.07) is 56.6. The molecular formula is C55H47N5O. The van der Waals surface area contributed by atoms with Crippen molar-refractivity contribution in [2.45, 2.75) is 47.0 Å². The number of fused-ring (bicyclic) bond motifs is 8. The van der Waals surface area contributed by atoms with Crippen molar-refractivity contribution >= 4 is 66.4 Å². The maximum absolute atomic E-state index is 6.85. The number of benzene rings is 7. The summed E-state index contributed by atoms with van der Waals surface area (Å²) in [6.07, 6.45) is 1.95. The normalized spacial score (nSPS) is 13.0. The second-order valence-electron chi connectivity index (χ2n) is 17.5. The molecule has 6 heteroatoms. The number of pyridine rings is 1. The number of para-hydroxylation sites is 4. The van der Waals surface area contributed by atoms with Crippen LogP contribution in [-0.4, -0.2) is 20.8 Å². The molecule has 0 spiro atoms. The Morgan fingerprint density at radius 1 is 0.508 bits per heavy atom. The minimum Gasteiger partial charge on any atom is -0.457 e. The number of hydrogen-bond acceptors (Lipinski definition) is 4. The van der Waals surface area contributed by atoms with Crippen LogP contribution in [0, 0.1) is 20.8 Å². The quantitative estimate of drug-likeness (QED) is 0.168. The van der Waals surface area contributed by atoms with Crippen LogP contribution in [-0.2, 0) is 5.41 Å². The lowest BCUT2D eigenvalue weighted by atomic mass is 9.88. The maximum atomic E-state index is 6.85. The van der Waals surface area contributed by atoms with E-state index >= 15 is 0 Å². The largest absolute Gasteiger partial charge is 0.457 e. The molecule has 1 aliphatic heterocycles. The molecule has 61 heavy (non-hydrogen) atoms. The summed E-state index contributed by atoms with van der Waals surface area (Å²) >= 11 is 0. The summed E-state index contributed by atoms with van der Waals surface area (Å²) < 4.78 is 11.6. The van der Waals surface area contributed by atoms with Gasteiger partial charge in [0.15, 0.2) is 0 Å². The average Bonchev–Trinajstić information content (AvgIpc) is 3.91. The van der Waals surface area contributed by atoms with Crippen molar-refractivity contribution in [3.63, 3.8) is 0 Å². The summed E-state index contributed by atoms with van der Waals surface area (Å²) in [4.78, 5) is 9.92. The summed E-state index contributed by atoms with van der Waals surface area (Å²) in [6.45, 7) is 14.1. The van der Waals surface area contributed by atoms with E-state index in [9.17, 15) is 0 Å². The molecule has 10 aromatic rings. The topological polar surface area (TPSA) is 38.5 Å². The second kappa shape index (κ2) is 13.9. The van der Waals surface area contributed by atoms with Gasteiger partial charge < -0.3 is 19.1 Å². The number of aromatic nitrogens is 3. The third kappa shape index (κ3) is 5.96. The van der Waals surface area contributed by atoms with Crippen LogP contribution < -0.4 is 14.5 Å². The van der Waals surface area contributed by atoms with E-state index in [1.807, 2.05) is 12.3 Å². The first-order chi connectivity index (χ1) is 29.6. The smallest absolute Gasteiger partial charge is 0.137 e. The molecule has 298 valence electrons. The van der Waals surface area contributed by atoms with E-state index in [1.54, 1.807) is 0 Å². The van der Waals surface area contributed by atoms with Crippen LogP contribution in [0.25, 0.3) is 55.1 Å². The van der Waals surface area contributed by atoms with Gasteiger partial charge >= 0.3 is 0 Å². The molecule has 0 amide bonds. The highest BCUT2D eigenvalue weighted by Gasteiger charge is 2.30. The number of nitrogens with zero attached hydrogens (tertiary/aromatic N) is 5. The van der Waals surface area contributed by atoms with Gasteiger partial charge in [-0.15, -0.1) is 0 Å². The van der Waals surface area contributed by atoms with Crippen LogP contribution >= 0.6 is 0 Å². The minimum atomic E-state index is -0.0608. The van der Waals surface area contributed by atoms with Crippen LogP contribution in [0.5, 0.6) is 11.5 Å². The van der Waals surface area contributed by atoms with Crippen molar-refractivity contribution in [3.8, 4) is 23.0 Å². The molecule has 11 rings (SSSR count). The Balaban J connectivity index is 1.07. The third-order valence-corrected chi connectivity index (χ3v) is 12.4. The van der Waals surface area contributed by atoms with E-state index in [1.165, 1.54) is 55.6 Å². The first-order valence-corrected chi connectivity index (χ1v) is 21.1. The highest BCUT2D eigenvalue weighted by Crippen LogP contribution is 2.47. The average molecular weight is 794 g/mol. The summed E-state index contributed by atoms with van der Waals surface area (Å²) in [5.74, 6) is 2.41. The van der Waals surface area contributed by atoms with Crippen LogP contribution in [0.4, 0.5) is 22.7 Å². The van der Waals surface area contributed by atoms with E-state index in [2.05, 4.69) is 212 Å². The van der Waals surface area contributed by atoms with Crippen molar-refractivity contribution < 1.29 is 4.74 Å². The second-order valence-corrected chi connectivity index (χ2v) is 17.5. The zero-order valence-electron chi connectivity index (χ0n) is 35.4. The monoisotopic (exact) mass is 793 g/mol. The fourth-order valence-electron chi connectivity index (χ4n) is 9.76. The van der Waals surface area contributed by atoms with Crippen molar-refractivity contribution in [3.05, 3.63) is 186 Å². The van der Waals surface area contributed by atoms with Crippen LogP contribution in [0.1, 0.15) is 43.0 Å². The first kappa shape index (κ1) is 36.7. The van der Waals surface area contributed by atoms with Crippen molar-refractivity contribution in [2.75, 3.05) is 16.5 Å². The Morgan fingerprint density at radius 2 is 1.13 bits per heavy atom. The van der Waals surface area contributed by atoms with Crippen molar-refractivity contribution in [2.24, 2.45) is 0 Å². The fraction of sp³-hybridized carbons (Fsp3) is 0.145. The summed E-state index contributed by atoms with van der Waals surface area (Å²) in [5, 5.41) is 4.72. The molecule has 0 saturated carbocycles. The number of rotatable bonds is 6. The zero-order valence-corrected chi connectivity index (χ0v) is 35.4. The molecule has 0 fully saturated rings. The van der Waals surface area contributed by atoms with E-state index in [4.69, 9.17) is 9.72 Å². The molecule has 0 saturated heterocycles. The third-order valence-electron chi connectivity index (χ3n) is 12.4. The molecule has 1 aliphatic rings. The van der Waals surface area contributed by atoms with E-state index < -0.39 is 0 Å². The summed E-state index contributed by atoms with van der Waals surface area (Å²) in [7, 11) is 0. The Hall–Kier alpha value is -7.31. The van der Waals surface area contributed by atoms with Crippen LogP contribution in [0.2, 0.25) is 0 Å². The van der Waals surface area contributed by atoms with Gasteiger partial charge in [0.2, 0.25) is 0 Å². The number of anilines is 4. The molecule has 4 heterocycles. The molecule has 0 radical (unpaired) electrons. The molecule has 7 aromatic carbocycles. The van der Waals surface area contributed by atoms with Gasteiger partial charge in [-0.2, -0.15) is 0 Å². The molecule has 3 aromatic heterocycles. The van der Waals surface area contributed by atoms with Gasteiger partial charge in [-0.3, -0.25) is 4.57 Å². The minimum absolute atomic E-state index is 0.0608. The van der Waals surface area contributed by atoms with Gasteiger partial charge in [0.25, 0.3) is 0 Å². The highest BCUT2D eigenvalue weighted by atomic mass is 16.5. The van der Waals surface area contributed by atoms with Gasteiger partial charge in [-0.25, -0.2) is 4.98 Å². The lowest BCUT2D eigenvalue weighted by Gasteiger charge is -2.25. The molecule has 0 bridgehead atoms. The van der Waals surface area contributed by atoms with Gasteiger partial charge in [-0.05, 0) is 110 Å². The maximum Gasteiger partial charge on any atom is 0.137 e. The standard InChI is InChI=1S/C55H47N5O/c1-35-29-36(2)52(37(3)30-35)58-34-57(48-21-12-13-22-49(48)58)40-17-14-18-41(32-40)61-42-23-24-44-46-26-25-45-43-19-10-11-20-47(43)59(39-15-8-7-9-16-39)53(45)54(46)60(50(44)33-42)51-31-38(27-28-56-51)55(4,5)6/h7-33H,34H2,1-6H3. The van der Waals surface area contributed by atoms with Gasteiger partial charge in [0, 0.05) is 56.9 Å². The number of aryl methyl sites for hydroxylation is 3. The molecule has 6 nitrogen and oxygen atoms in total. The Kier molecular flexibility index (Phi) is 8.36. The van der Waals surface area contributed by atoms with Crippen molar-refractivity contribution in [1.82, 2.24) is 14.1 Å². The molecule has 0 atom stereocenters. The predicted octanol–water partition coefficient (Wildman–Crippen LogP) is 14.5. The Morgan fingerprint density at radius 3 is 1.89 bits per heavy atom. The van der Waals surface area contributed by atoms with E-state index in [0.29, 0.717) is 6.67 Å². The zero-order chi connectivity index (χ0) is 41.6. The van der Waals surface area contributed by atoms with E-state index in [-0.39, 0.29) is 5.41 Å². The Labute approximate surface area is 356 Å². The SMILES string of the molecule is Cc1cc(C)c(N2CN(c3cccc(Oc4ccc5c6ccc7c8ccccc8n(-c8ccccc8)c7c6n(-c6cc(C(C)(C)C)ccn6)c5c4)c3)c3ccccc32)c(C)c1. The number of ether oxygens (including phenoxy) is 1. The number of hydrogen-bond donors (Lipinski definition) is 0. The van der Waals surface area contributed by atoms with Crippen LogP contribution in [0.3, 0.4) is 0 Å². The fourth-order valence-corrected chi connectivity index (χ4v) is 9.76. The van der Waals surface area contributed by atoms with Gasteiger partial charge in [0.1, 0.15) is 24.0 Å². The lowest BCUT2D eigenvalue weighted by Crippen LogP contribution is -2.25. The Bertz CT molecular complexity index is 3330. The predicted molar refractivity (Wildman–Crippen MR) is 254 cm³/mol. The first-order valence-electron chi connectivity index (χ1n) is 21.1. The van der Waals surface area contributed by atoms with Gasteiger partial charge in [0.05, 0.1) is 33.4 Å². The lowest BCUT2D eigenvalue weighted by molar-refractivity contribution is 0.483.